The average Bonchev–Trinajstić information content (AvgIpc) is 2.23. The number of fused-ring (bicyclic) bond motifs is 1. The number of benzene rings is 2. The highest BCUT2D eigenvalue weighted by Crippen LogP contribution is 2.30. The third-order valence-electron chi connectivity index (χ3n) is 2.12. The van der Waals surface area contributed by atoms with Crippen molar-refractivity contribution >= 4 is 49.3 Å². The number of rotatable bonds is 1. The summed E-state index contributed by atoms with van der Waals surface area (Å²) in [5, 5.41) is 2.44. The second-order valence-electron chi connectivity index (χ2n) is 2.94. The van der Waals surface area contributed by atoms with Crippen molar-refractivity contribution in [3.8, 4) is 5.75 Å². The van der Waals surface area contributed by atoms with Gasteiger partial charge in [-0.1, -0.05) is 15.9 Å². The molecule has 2 aromatic carbocycles. The fourth-order valence-electron chi connectivity index (χ4n) is 1.38. The summed E-state index contributed by atoms with van der Waals surface area (Å²) in [5.41, 5.74) is 0. The molecule has 0 amide bonds. The van der Waals surface area contributed by atoms with Crippen LogP contribution >= 0.6 is 38.5 Å². The van der Waals surface area contributed by atoms with E-state index in [0.717, 1.165) is 10.2 Å². The molecule has 0 aliphatic rings. The van der Waals surface area contributed by atoms with Crippen LogP contribution in [-0.2, 0) is 0 Å². The van der Waals surface area contributed by atoms with Crippen LogP contribution < -0.4 is 4.74 Å². The highest BCUT2D eigenvalue weighted by atomic mass is 127. The van der Waals surface area contributed by atoms with Crippen LogP contribution in [0.3, 0.4) is 0 Å². The lowest BCUT2D eigenvalue weighted by Gasteiger charge is -2.05. The summed E-state index contributed by atoms with van der Waals surface area (Å²) >= 11 is 5.86. The summed E-state index contributed by atoms with van der Waals surface area (Å²) in [7, 11) is 1.69. The van der Waals surface area contributed by atoms with E-state index in [2.05, 4.69) is 62.8 Å². The van der Waals surface area contributed by atoms with Crippen molar-refractivity contribution in [3.63, 3.8) is 0 Å². The summed E-state index contributed by atoms with van der Waals surface area (Å²) < 4.78 is 7.56. The number of methoxy groups -OCH3 is 1. The van der Waals surface area contributed by atoms with Gasteiger partial charge < -0.3 is 4.74 Å². The number of ether oxygens (including phenoxy) is 1. The van der Waals surface area contributed by atoms with E-state index in [9.17, 15) is 0 Å². The molecule has 0 N–H and O–H groups in total. The minimum absolute atomic E-state index is 0.897. The molecule has 3 heteroatoms. The largest absolute Gasteiger partial charge is 0.497 e. The van der Waals surface area contributed by atoms with Gasteiger partial charge in [0.15, 0.2) is 0 Å². The fraction of sp³-hybridized carbons (Fsp3) is 0.0909. The van der Waals surface area contributed by atoms with Crippen LogP contribution in [0.25, 0.3) is 10.8 Å². The quantitative estimate of drug-likeness (QED) is 0.690. The molecule has 2 rings (SSSR count). The molecule has 0 spiro atoms. The van der Waals surface area contributed by atoms with Gasteiger partial charge in [-0.15, -0.1) is 0 Å². The Hall–Kier alpha value is -0.290. The van der Waals surface area contributed by atoms with Gasteiger partial charge >= 0.3 is 0 Å². The summed E-state index contributed by atoms with van der Waals surface area (Å²) in [6.07, 6.45) is 0. The molecule has 0 fully saturated rings. The Morgan fingerprint density at radius 3 is 2.64 bits per heavy atom. The first-order valence-electron chi connectivity index (χ1n) is 4.14. The minimum Gasteiger partial charge on any atom is -0.497 e. The lowest BCUT2D eigenvalue weighted by molar-refractivity contribution is 0.415. The number of hydrogen-bond acceptors (Lipinski definition) is 1. The lowest BCUT2D eigenvalue weighted by atomic mass is 10.1. The molecule has 1 nitrogen and oxygen atoms in total. The molecular weight excluding hydrogens is 355 g/mol. The molecular formula is C11H8BrIO. The highest BCUT2D eigenvalue weighted by Gasteiger charge is 2.03. The van der Waals surface area contributed by atoms with E-state index >= 15 is 0 Å². The topological polar surface area (TPSA) is 9.23 Å². The molecule has 0 aromatic heterocycles. The summed E-state index contributed by atoms with van der Waals surface area (Å²) in [4.78, 5) is 0. The molecule has 14 heavy (non-hydrogen) atoms. The molecule has 0 saturated heterocycles. The normalized spacial score (nSPS) is 10.5. The Morgan fingerprint density at radius 1 is 1.14 bits per heavy atom. The van der Waals surface area contributed by atoms with Gasteiger partial charge in [0, 0.05) is 8.04 Å². The monoisotopic (exact) mass is 362 g/mol. The zero-order valence-corrected chi connectivity index (χ0v) is 11.3. The SMILES string of the molecule is COc1ccc2c(Br)ccc(I)c2c1. The van der Waals surface area contributed by atoms with E-state index in [-0.39, 0.29) is 0 Å². The Morgan fingerprint density at radius 2 is 1.93 bits per heavy atom. The standard InChI is InChI=1S/C11H8BrIO/c1-14-7-2-3-8-9(6-7)11(13)5-4-10(8)12/h2-6H,1H3. The summed E-state index contributed by atoms with van der Waals surface area (Å²) in [6.45, 7) is 0. The summed E-state index contributed by atoms with van der Waals surface area (Å²) in [5.74, 6) is 0.897. The van der Waals surface area contributed by atoms with Gasteiger partial charge in [-0.05, 0) is 63.7 Å². The zero-order chi connectivity index (χ0) is 10.1. The van der Waals surface area contributed by atoms with Crippen molar-refractivity contribution in [1.29, 1.82) is 0 Å². The maximum absolute atomic E-state index is 5.20. The molecule has 0 aliphatic carbocycles. The van der Waals surface area contributed by atoms with Crippen LogP contribution in [0.2, 0.25) is 0 Å². The van der Waals surface area contributed by atoms with Crippen molar-refractivity contribution in [2.75, 3.05) is 7.11 Å². The molecule has 0 radical (unpaired) electrons. The van der Waals surface area contributed by atoms with E-state index in [0.29, 0.717) is 0 Å². The first kappa shape index (κ1) is 10.2. The molecule has 0 bridgehead atoms. The Bertz CT molecular complexity index is 482. The molecule has 0 saturated carbocycles. The second-order valence-corrected chi connectivity index (χ2v) is 4.96. The number of hydrogen-bond donors (Lipinski definition) is 0. The maximum Gasteiger partial charge on any atom is 0.119 e. The molecule has 72 valence electrons. The highest BCUT2D eigenvalue weighted by molar-refractivity contribution is 14.1. The Balaban J connectivity index is 2.80. The molecule has 0 unspecified atom stereocenters. The predicted octanol–water partition coefficient (Wildman–Crippen LogP) is 4.22. The lowest BCUT2D eigenvalue weighted by Crippen LogP contribution is -1.84. The fourth-order valence-corrected chi connectivity index (χ4v) is 2.49. The third-order valence-corrected chi connectivity index (χ3v) is 3.75. The summed E-state index contributed by atoms with van der Waals surface area (Å²) in [6, 6.07) is 10.3. The van der Waals surface area contributed by atoms with Crippen molar-refractivity contribution in [3.05, 3.63) is 38.4 Å². The van der Waals surface area contributed by atoms with Crippen LogP contribution in [-0.4, -0.2) is 7.11 Å². The van der Waals surface area contributed by atoms with Crippen molar-refractivity contribution in [1.82, 2.24) is 0 Å². The first-order valence-corrected chi connectivity index (χ1v) is 6.01. The van der Waals surface area contributed by atoms with Crippen LogP contribution in [0.5, 0.6) is 5.75 Å². The van der Waals surface area contributed by atoms with E-state index in [1.165, 1.54) is 14.3 Å². The van der Waals surface area contributed by atoms with Gasteiger partial charge in [-0.3, -0.25) is 0 Å². The molecule has 2 aromatic rings. The van der Waals surface area contributed by atoms with Gasteiger partial charge in [0.05, 0.1) is 7.11 Å². The first-order chi connectivity index (χ1) is 6.72. The maximum atomic E-state index is 5.20. The zero-order valence-electron chi connectivity index (χ0n) is 7.55. The smallest absolute Gasteiger partial charge is 0.119 e. The van der Waals surface area contributed by atoms with E-state index in [4.69, 9.17) is 4.74 Å². The van der Waals surface area contributed by atoms with E-state index < -0.39 is 0 Å². The van der Waals surface area contributed by atoms with Gasteiger partial charge in [-0.25, -0.2) is 0 Å². The van der Waals surface area contributed by atoms with Crippen molar-refractivity contribution in [2.45, 2.75) is 0 Å². The van der Waals surface area contributed by atoms with Gasteiger partial charge in [0.25, 0.3) is 0 Å². The second kappa shape index (κ2) is 4.06. The third kappa shape index (κ3) is 1.75. The van der Waals surface area contributed by atoms with Crippen molar-refractivity contribution in [2.24, 2.45) is 0 Å². The molecule has 0 heterocycles. The number of halogens is 2. The van der Waals surface area contributed by atoms with E-state index in [1.807, 2.05) is 6.07 Å². The van der Waals surface area contributed by atoms with Gasteiger partial charge in [0.1, 0.15) is 5.75 Å². The predicted molar refractivity (Wildman–Crippen MR) is 70.9 cm³/mol. The van der Waals surface area contributed by atoms with Gasteiger partial charge in [-0.2, -0.15) is 0 Å². The Kier molecular flexibility index (Phi) is 2.97. The molecule has 0 aliphatic heterocycles. The average molecular weight is 363 g/mol. The van der Waals surface area contributed by atoms with E-state index in [1.54, 1.807) is 7.11 Å². The molecule has 0 atom stereocenters. The van der Waals surface area contributed by atoms with Gasteiger partial charge in [0.2, 0.25) is 0 Å². The minimum atomic E-state index is 0.897. The Labute approximate surface area is 105 Å². The van der Waals surface area contributed by atoms with Crippen LogP contribution in [0, 0.1) is 3.57 Å². The van der Waals surface area contributed by atoms with Crippen LogP contribution in [0.4, 0.5) is 0 Å². The van der Waals surface area contributed by atoms with Crippen molar-refractivity contribution < 1.29 is 4.74 Å². The van der Waals surface area contributed by atoms with Crippen LogP contribution in [0.15, 0.2) is 34.8 Å². The van der Waals surface area contributed by atoms with Crippen LogP contribution in [0.1, 0.15) is 0 Å².